The highest BCUT2D eigenvalue weighted by molar-refractivity contribution is 6.66. The molecule has 0 spiro atoms. The van der Waals surface area contributed by atoms with E-state index in [-0.39, 0.29) is 11.8 Å². The molecule has 0 aliphatic carbocycles. The van der Waals surface area contributed by atoms with E-state index in [1.165, 1.54) is 0 Å². The molecule has 2 rings (SSSR count). The Balaban J connectivity index is 2.38. The molecule has 0 bridgehead atoms. The number of ether oxygens (including phenoxy) is 1. The predicted molar refractivity (Wildman–Crippen MR) is 107 cm³/mol. The van der Waals surface area contributed by atoms with Crippen LogP contribution in [-0.2, 0) is 8.53 Å². The zero-order valence-electron chi connectivity index (χ0n) is 15.1. The monoisotopic (exact) mass is 431 g/mol. The molecule has 1 aromatic heterocycles. The number of aromatic nitrogens is 3. The molecule has 0 aliphatic rings. The first kappa shape index (κ1) is 21.6. The summed E-state index contributed by atoms with van der Waals surface area (Å²) in [5.41, 5.74) is 6.52. The Labute approximate surface area is 172 Å². The highest BCUT2D eigenvalue weighted by Gasteiger charge is 2.28. The lowest BCUT2D eigenvalue weighted by Crippen LogP contribution is -2.40. The standard InChI is InChI=1S/C17H20Cl3N5O2/c1-4-27-13(26)11-7-5-10(6-8-11)12-23-14(17(18,19)20)25-15(24-12)22-9-16(2,3)21/h5-8H,4,9,21H2,1-3H3,(H,22,23,24,25). The average molecular weight is 433 g/mol. The van der Waals surface area contributed by atoms with Crippen LogP contribution in [0.3, 0.4) is 0 Å². The highest BCUT2D eigenvalue weighted by atomic mass is 35.6. The first-order valence-corrected chi connectivity index (χ1v) is 9.26. The number of carbonyl (C=O) groups is 1. The van der Waals surface area contributed by atoms with Gasteiger partial charge in [0.15, 0.2) is 11.6 Å². The average Bonchev–Trinajstić information content (AvgIpc) is 2.59. The van der Waals surface area contributed by atoms with Crippen molar-refractivity contribution in [2.45, 2.75) is 30.1 Å². The van der Waals surface area contributed by atoms with Gasteiger partial charge in [-0.15, -0.1) is 0 Å². The largest absolute Gasteiger partial charge is 0.462 e. The van der Waals surface area contributed by atoms with Gasteiger partial charge in [-0.05, 0) is 32.9 Å². The number of nitrogens with zero attached hydrogens (tertiary/aromatic N) is 3. The van der Waals surface area contributed by atoms with E-state index in [9.17, 15) is 4.79 Å². The molecule has 7 nitrogen and oxygen atoms in total. The Morgan fingerprint density at radius 3 is 2.30 bits per heavy atom. The molecule has 3 N–H and O–H groups in total. The molecule has 0 aliphatic heterocycles. The zero-order chi connectivity index (χ0) is 20.2. The number of hydrogen-bond donors (Lipinski definition) is 2. The number of alkyl halides is 3. The van der Waals surface area contributed by atoms with Crippen LogP contribution in [-0.4, -0.2) is 39.6 Å². The van der Waals surface area contributed by atoms with Crippen LogP contribution in [0, 0.1) is 0 Å². The summed E-state index contributed by atoms with van der Waals surface area (Å²) in [6.07, 6.45) is 0. The summed E-state index contributed by atoms with van der Waals surface area (Å²) in [4.78, 5) is 24.5. The molecule has 146 valence electrons. The second-order valence-electron chi connectivity index (χ2n) is 6.44. The highest BCUT2D eigenvalue weighted by Crippen LogP contribution is 2.36. The number of rotatable bonds is 6. The van der Waals surface area contributed by atoms with E-state index in [4.69, 9.17) is 45.3 Å². The zero-order valence-corrected chi connectivity index (χ0v) is 17.4. The third-order valence-corrected chi connectivity index (χ3v) is 3.75. The van der Waals surface area contributed by atoms with Gasteiger partial charge in [-0.1, -0.05) is 46.9 Å². The van der Waals surface area contributed by atoms with Crippen molar-refractivity contribution in [2.75, 3.05) is 18.5 Å². The molecule has 10 heteroatoms. The van der Waals surface area contributed by atoms with Gasteiger partial charge in [0, 0.05) is 17.6 Å². The number of hydrogen-bond acceptors (Lipinski definition) is 7. The minimum absolute atomic E-state index is 0.0238. The minimum atomic E-state index is -1.82. The molecular weight excluding hydrogens is 413 g/mol. The van der Waals surface area contributed by atoms with Gasteiger partial charge in [-0.3, -0.25) is 0 Å². The quantitative estimate of drug-likeness (QED) is 0.530. The van der Waals surface area contributed by atoms with Crippen LogP contribution in [0.5, 0.6) is 0 Å². The summed E-state index contributed by atoms with van der Waals surface area (Å²) in [6.45, 7) is 6.15. The van der Waals surface area contributed by atoms with Crippen LogP contribution in [0.2, 0.25) is 0 Å². The van der Waals surface area contributed by atoms with E-state index >= 15 is 0 Å². The molecular formula is C17H20Cl3N5O2. The van der Waals surface area contributed by atoms with E-state index in [0.717, 1.165) is 0 Å². The van der Waals surface area contributed by atoms with Crippen molar-refractivity contribution in [3.8, 4) is 11.4 Å². The smallest absolute Gasteiger partial charge is 0.338 e. The lowest BCUT2D eigenvalue weighted by molar-refractivity contribution is 0.0526. The maximum absolute atomic E-state index is 11.8. The van der Waals surface area contributed by atoms with Crippen LogP contribution in [0.1, 0.15) is 37.0 Å². The van der Waals surface area contributed by atoms with Crippen LogP contribution in [0.15, 0.2) is 24.3 Å². The fourth-order valence-electron chi connectivity index (χ4n) is 1.99. The van der Waals surface area contributed by atoms with Gasteiger partial charge >= 0.3 is 5.97 Å². The van der Waals surface area contributed by atoms with Crippen molar-refractivity contribution in [3.63, 3.8) is 0 Å². The topological polar surface area (TPSA) is 103 Å². The minimum Gasteiger partial charge on any atom is -0.462 e. The number of benzene rings is 1. The second kappa shape index (κ2) is 8.56. The van der Waals surface area contributed by atoms with Crippen molar-refractivity contribution in [1.29, 1.82) is 0 Å². The van der Waals surface area contributed by atoms with Crippen molar-refractivity contribution in [3.05, 3.63) is 35.7 Å². The summed E-state index contributed by atoms with van der Waals surface area (Å²) in [7, 11) is 0. The van der Waals surface area contributed by atoms with Gasteiger partial charge in [0.2, 0.25) is 9.74 Å². The predicted octanol–water partition coefficient (Wildman–Crippen LogP) is 3.69. The molecule has 0 saturated heterocycles. The number of halogens is 3. The molecule has 0 radical (unpaired) electrons. The fourth-order valence-corrected chi connectivity index (χ4v) is 2.24. The van der Waals surface area contributed by atoms with Gasteiger partial charge in [-0.25, -0.2) is 9.78 Å². The summed E-state index contributed by atoms with van der Waals surface area (Å²) >= 11 is 17.8. The molecule has 1 aromatic carbocycles. The van der Waals surface area contributed by atoms with Gasteiger partial charge < -0.3 is 15.8 Å². The van der Waals surface area contributed by atoms with Gasteiger partial charge in [0.05, 0.1) is 12.2 Å². The van der Waals surface area contributed by atoms with Crippen molar-refractivity contribution in [1.82, 2.24) is 15.0 Å². The van der Waals surface area contributed by atoms with Gasteiger partial charge in [0.1, 0.15) is 0 Å². The number of nitrogens with one attached hydrogen (secondary N) is 1. The third kappa shape index (κ3) is 6.46. The SMILES string of the molecule is CCOC(=O)c1ccc(-c2nc(NCC(C)(C)N)nc(C(Cl)(Cl)Cl)n2)cc1. The van der Waals surface area contributed by atoms with Gasteiger partial charge in [-0.2, -0.15) is 9.97 Å². The van der Waals surface area contributed by atoms with E-state index in [1.807, 2.05) is 13.8 Å². The Morgan fingerprint density at radius 1 is 1.15 bits per heavy atom. The molecule has 2 aromatic rings. The Morgan fingerprint density at radius 2 is 1.78 bits per heavy atom. The number of esters is 1. The summed E-state index contributed by atoms with van der Waals surface area (Å²) < 4.78 is 3.14. The Bertz CT molecular complexity index is 802. The number of anilines is 1. The van der Waals surface area contributed by atoms with Crippen LogP contribution >= 0.6 is 34.8 Å². The molecule has 0 unspecified atom stereocenters. The molecule has 0 fully saturated rings. The fraction of sp³-hybridized carbons (Fsp3) is 0.412. The molecule has 27 heavy (non-hydrogen) atoms. The molecule has 0 saturated carbocycles. The van der Waals surface area contributed by atoms with E-state index in [2.05, 4.69) is 20.3 Å². The first-order valence-electron chi connectivity index (χ1n) is 8.13. The molecule has 0 amide bonds. The van der Waals surface area contributed by atoms with Crippen LogP contribution in [0.4, 0.5) is 5.95 Å². The first-order chi connectivity index (χ1) is 12.5. The van der Waals surface area contributed by atoms with Crippen molar-refractivity contribution >= 4 is 46.7 Å². The van der Waals surface area contributed by atoms with Crippen molar-refractivity contribution < 1.29 is 9.53 Å². The van der Waals surface area contributed by atoms with Gasteiger partial charge in [0.25, 0.3) is 0 Å². The van der Waals surface area contributed by atoms with Crippen LogP contribution in [0.25, 0.3) is 11.4 Å². The normalized spacial score (nSPS) is 12.0. The van der Waals surface area contributed by atoms with E-state index in [0.29, 0.717) is 30.1 Å². The summed E-state index contributed by atoms with van der Waals surface area (Å²) in [5, 5.41) is 3.02. The Kier molecular flexibility index (Phi) is 6.86. The Hall–Kier alpha value is -1.67. The number of carbonyl (C=O) groups excluding carboxylic acids is 1. The number of nitrogens with two attached hydrogens (primary N) is 1. The lowest BCUT2D eigenvalue weighted by atomic mass is 10.1. The lowest BCUT2D eigenvalue weighted by Gasteiger charge is -2.20. The maximum Gasteiger partial charge on any atom is 0.338 e. The maximum atomic E-state index is 11.8. The summed E-state index contributed by atoms with van der Waals surface area (Å²) in [6, 6.07) is 6.59. The third-order valence-electron chi connectivity index (χ3n) is 3.25. The molecule has 1 heterocycles. The summed E-state index contributed by atoms with van der Waals surface area (Å²) in [5.74, 6) is 0.0897. The second-order valence-corrected chi connectivity index (χ2v) is 8.73. The van der Waals surface area contributed by atoms with E-state index < -0.39 is 15.3 Å². The van der Waals surface area contributed by atoms with Crippen molar-refractivity contribution in [2.24, 2.45) is 5.73 Å². The van der Waals surface area contributed by atoms with Crippen LogP contribution < -0.4 is 11.1 Å². The molecule has 0 atom stereocenters. The van der Waals surface area contributed by atoms with E-state index in [1.54, 1.807) is 31.2 Å².